The zero-order valence-corrected chi connectivity index (χ0v) is 12.0. The Bertz CT molecular complexity index is 490. The van der Waals surface area contributed by atoms with Crippen molar-refractivity contribution in [2.45, 2.75) is 33.5 Å². The van der Waals surface area contributed by atoms with Crippen molar-refractivity contribution < 1.29 is 0 Å². The molecule has 0 aliphatic heterocycles. The molecular formula is C15H22N4. The first-order chi connectivity index (χ1) is 9.15. The molecule has 0 radical (unpaired) electrons. The Morgan fingerprint density at radius 3 is 2.79 bits per heavy atom. The van der Waals surface area contributed by atoms with Gasteiger partial charge in [0.15, 0.2) is 0 Å². The number of hydrogen-bond acceptors (Lipinski definition) is 3. The largest absolute Gasteiger partial charge is 0.333 e. The molecule has 2 aromatic rings. The standard InChI is InChI=1S/C15H22N4/c1-13(2)9-19-12-16-8-15(19)11-18(3)10-14-6-4-5-7-17-14/h4-8,12-13H,9-11H2,1-3H3. The van der Waals surface area contributed by atoms with Gasteiger partial charge in [-0.3, -0.25) is 9.88 Å². The van der Waals surface area contributed by atoms with E-state index in [2.05, 4.69) is 46.4 Å². The average Bonchev–Trinajstić information content (AvgIpc) is 2.77. The van der Waals surface area contributed by atoms with Gasteiger partial charge in [-0.1, -0.05) is 19.9 Å². The van der Waals surface area contributed by atoms with Gasteiger partial charge in [-0.15, -0.1) is 0 Å². The zero-order chi connectivity index (χ0) is 13.7. The van der Waals surface area contributed by atoms with Crippen molar-refractivity contribution in [1.82, 2.24) is 19.4 Å². The molecule has 0 unspecified atom stereocenters. The van der Waals surface area contributed by atoms with Crippen LogP contribution in [0.15, 0.2) is 36.9 Å². The van der Waals surface area contributed by atoms with Crippen LogP contribution in [0.3, 0.4) is 0 Å². The van der Waals surface area contributed by atoms with Gasteiger partial charge >= 0.3 is 0 Å². The van der Waals surface area contributed by atoms with E-state index in [0.717, 1.165) is 25.3 Å². The molecule has 0 saturated carbocycles. The molecule has 2 aromatic heterocycles. The number of imidazole rings is 1. The van der Waals surface area contributed by atoms with Crippen LogP contribution in [0.25, 0.3) is 0 Å². The van der Waals surface area contributed by atoms with Gasteiger partial charge in [-0.2, -0.15) is 0 Å². The van der Waals surface area contributed by atoms with Crippen molar-refractivity contribution in [3.8, 4) is 0 Å². The molecule has 0 aromatic carbocycles. The average molecular weight is 258 g/mol. The molecule has 0 atom stereocenters. The number of hydrogen-bond donors (Lipinski definition) is 0. The lowest BCUT2D eigenvalue weighted by Crippen LogP contribution is -2.20. The number of pyridine rings is 1. The molecule has 2 heterocycles. The summed E-state index contributed by atoms with van der Waals surface area (Å²) in [5, 5.41) is 0. The summed E-state index contributed by atoms with van der Waals surface area (Å²) in [7, 11) is 2.11. The Morgan fingerprint density at radius 1 is 1.26 bits per heavy atom. The maximum absolute atomic E-state index is 4.35. The molecule has 0 fully saturated rings. The summed E-state index contributed by atoms with van der Waals surface area (Å²) < 4.78 is 2.24. The van der Waals surface area contributed by atoms with Gasteiger partial charge in [0.1, 0.15) is 0 Å². The van der Waals surface area contributed by atoms with E-state index in [1.165, 1.54) is 5.69 Å². The molecule has 0 saturated heterocycles. The van der Waals surface area contributed by atoms with Crippen LogP contribution in [0, 0.1) is 5.92 Å². The van der Waals surface area contributed by atoms with E-state index in [1.807, 2.05) is 30.9 Å². The highest BCUT2D eigenvalue weighted by Gasteiger charge is 2.08. The summed E-state index contributed by atoms with van der Waals surface area (Å²) in [6.45, 7) is 7.21. The molecule has 2 rings (SSSR count). The molecular weight excluding hydrogens is 236 g/mol. The highest BCUT2D eigenvalue weighted by molar-refractivity contribution is 5.04. The first kappa shape index (κ1) is 13.7. The normalized spacial score (nSPS) is 11.4. The van der Waals surface area contributed by atoms with Crippen molar-refractivity contribution in [3.63, 3.8) is 0 Å². The monoisotopic (exact) mass is 258 g/mol. The minimum Gasteiger partial charge on any atom is -0.333 e. The summed E-state index contributed by atoms with van der Waals surface area (Å²) >= 11 is 0. The van der Waals surface area contributed by atoms with E-state index >= 15 is 0 Å². The Labute approximate surface area is 115 Å². The van der Waals surface area contributed by atoms with Crippen LogP contribution < -0.4 is 0 Å². The van der Waals surface area contributed by atoms with Crippen LogP contribution in [-0.4, -0.2) is 26.5 Å². The third-order valence-corrected chi connectivity index (χ3v) is 2.95. The summed E-state index contributed by atoms with van der Waals surface area (Å²) in [5.74, 6) is 0.633. The topological polar surface area (TPSA) is 34.0 Å². The number of rotatable bonds is 6. The van der Waals surface area contributed by atoms with E-state index in [-0.39, 0.29) is 0 Å². The predicted octanol–water partition coefficient (Wildman–Crippen LogP) is 2.57. The first-order valence-electron chi connectivity index (χ1n) is 6.72. The highest BCUT2D eigenvalue weighted by atomic mass is 15.1. The van der Waals surface area contributed by atoms with Gasteiger partial charge in [0.05, 0.1) is 17.7 Å². The van der Waals surface area contributed by atoms with Crippen molar-refractivity contribution in [3.05, 3.63) is 48.3 Å². The summed E-state index contributed by atoms with van der Waals surface area (Å²) in [4.78, 5) is 10.9. The molecule has 0 N–H and O–H groups in total. The lowest BCUT2D eigenvalue weighted by Gasteiger charge is -2.18. The van der Waals surface area contributed by atoms with Crippen LogP contribution in [-0.2, 0) is 19.6 Å². The predicted molar refractivity (Wildman–Crippen MR) is 76.5 cm³/mol. The molecule has 0 bridgehead atoms. The van der Waals surface area contributed by atoms with E-state index in [9.17, 15) is 0 Å². The quantitative estimate of drug-likeness (QED) is 0.798. The van der Waals surface area contributed by atoms with Crippen LogP contribution in [0.5, 0.6) is 0 Å². The smallest absolute Gasteiger partial charge is 0.0948 e. The van der Waals surface area contributed by atoms with E-state index in [4.69, 9.17) is 0 Å². The lowest BCUT2D eigenvalue weighted by molar-refractivity contribution is 0.303. The minimum atomic E-state index is 0.633. The number of nitrogens with zero attached hydrogens (tertiary/aromatic N) is 4. The SMILES string of the molecule is CC(C)Cn1cncc1CN(C)Cc1ccccn1. The summed E-state index contributed by atoms with van der Waals surface area (Å²) in [5.41, 5.74) is 2.35. The van der Waals surface area contributed by atoms with E-state index < -0.39 is 0 Å². The summed E-state index contributed by atoms with van der Waals surface area (Å²) in [6.07, 6.45) is 5.72. The van der Waals surface area contributed by atoms with Gasteiger partial charge in [-0.05, 0) is 25.1 Å². The minimum absolute atomic E-state index is 0.633. The maximum atomic E-state index is 4.35. The molecule has 4 heteroatoms. The Kier molecular flexibility index (Phi) is 4.68. The molecule has 19 heavy (non-hydrogen) atoms. The van der Waals surface area contributed by atoms with Gasteiger partial charge in [0.2, 0.25) is 0 Å². The molecule has 0 aliphatic carbocycles. The highest BCUT2D eigenvalue weighted by Crippen LogP contribution is 2.09. The molecule has 4 nitrogen and oxygen atoms in total. The van der Waals surface area contributed by atoms with E-state index in [0.29, 0.717) is 5.92 Å². The van der Waals surface area contributed by atoms with Crippen molar-refractivity contribution in [2.24, 2.45) is 5.92 Å². The van der Waals surface area contributed by atoms with Crippen LogP contribution in [0.1, 0.15) is 25.2 Å². The third-order valence-electron chi connectivity index (χ3n) is 2.95. The Balaban J connectivity index is 1.95. The first-order valence-corrected chi connectivity index (χ1v) is 6.72. The van der Waals surface area contributed by atoms with E-state index in [1.54, 1.807) is 0 Å². The molecule has 102 valence electrons. The van der Waals surface area contributed by atoms with Crippen molar-refractivity contribution in [1.29, 1.82) is 0 Å². The second-order valence-corrected chi connectivity index (χ2v) is 5.42. The van der Waals surface area contributed by atoms with Crippen LogP contribution in [0.2, 0.25) is 0 Å². The summed E-state index contributed by atoms with van der Waals surface area (Å²) in [6, 6.07) is 6.03. The molecule has 0 aliphatic rings. The fourth-order valence-corrected chi connectivity index (χ4v) is 2.14. The van der Waals surface area contributed by atoms with Gasteiger partial charge < -0.3 is 4.57 Å². The number of aromatic nitrogens is 3. The maximum Gasteiger partial charge on any atom is 0.0948 e. The van der Waals surface area contributed by atoms with Gasteiger partial charge in [0, 0.05) is 32.0 Å². The Hall–Kier alpha value is -1.68. The molecule has 0 amide bonds. The fraction of sp³-hybridized carbons (Fsp3) is 0.467. The van der Waals surface area contributed by atoms with Gasteiger partial charge in [0.25, 0.3) is 0 Å². The molecule has 0 spiro atoms. The second kappa shape index (κ2) is 6.48. The zero-order valence-electron chi connectivity index (χ0n) is 12.0. The van der Waals surface area contributed by atoms with Crippen LogP contribution in [0.4, 0.5) is 0 Å². The Morgan fingerprint density at radius 2 is 2.11 bits per heavy atom. The van der Waals surface area contributed by atoms with Crippen molar-refractivity contribution >= 4 is 0 Å². The fourth-order valence-electron chi connectivity index (χ4n) is 2.14. The van der Waals surface area contributed by atoms with Gasteiger partial charge in [-0.25, -0.2) is 4.98 Å². The second-order valence-electron chi connectivity index (χ2n) is 5.42. The third kappa shape index (κ3) is 4.17. The lowest BCUT2D eigenvalue weighted by atomic mass is 10.2. The van der Waals surface area contributed by atoms with Crippen molar-refractivity contribution in [2.75, 3.05) is 7.05 Å². The van der Waals surface area contributed by atoms with Crippen LogP contribution >= 0.6 is 0 Å².